The lowest BCUT2D eigenvalue weighted by atomic mass is 10.2. The van der Waals surface area contributed by atoms with Gasteiger partial charge in [-0.2, -0.15) is 8.42 Å². The summed E-state index contributed by atoms with van der Waals surface area (Å²) in [5.74, 6) is 0. The van der Waals surface area contributed by atoms with Crippen LogP contribution < -0.4 is 5.32 Å². The summed E-state index contributed by atoms with van der Waals surface area (Å²) in [5, 5.41) is 3.18. The van der Waals surface area contributed by atoms with E-state index in [1.165, 1.54) is 0 Å². The van der Waals surface area contributed by atoms with Gasteiger partial charge in [0.2, 0.25) is 0 Å². The molecule has 1 aromatic rings. The van der Waals surface area contributed by atoms with E-state index in [-0.39, 0.29) is 11.0 Å². The Labute approximate surface area is 95.7 Å². The van der Waals surface area contributed by atoms with Crippen LogP contribution in [0.3, 0.4) is 0 Å². The van der Waals surface area contributed by atoms with Crippen LogP contribution in [-0.2, 0) is 20.7 Å². The Morgan fingerprint density at radius 2 is 2.12 bits per heavy atom. The fourth-order valence-corrected chi connectivity index (χ4v) is 2.88. The van der Waals surface area contributed by atoms with Gasteiger partial charge in [0.15, 0.2) is 0 Å². The summed E-state index contributed by atoms with van der Waals surface area (Å²) in [6.45, 7) is 4.27. The highest BCUT2D eigenvalue weighted by molar-refractivity contribution is 7.86. The number of anilines is 1. The molecule has 0 amide bonds. The maximum absolute atomic E-state index is 11.8. The fraction of sp³-hybridized carbons (Fsp3) is 0.455. The number of nitrogens with one attached hydrogen (secondary N) is 1. The van der Waals surface area contributed by atoms with Crippen molar-refractivity contribution in [1.29, 1.82) is 0 Å². The zero-order valence-electron chi connectivity index (χ0n) is 9.36. The highest BCUT2D eigenvalue weighted by Crippen LogP contribution is 2.26. The summed E-state index contributed by atoms with van der Waals surface area (Å²) in [6.07, 6.45) is 0.525. The number of benzene rings is 1. The molecule has 0 aliphatic carbocycles. The van der Waals surface area contributed by atoms with E-state index in [1.807, 2.05) is 0 Å². The molecular weight excluding hydrogens is 226 g/mol. The lowest BCUT2D eigenvalue weighted by Crippen LogP contribution is -2.12. The highest BCUT2D eigenvalue weighted by Gasteiger charge is 2.20. The van der Waals surface area contributed by atoms with Crippen LogP contribution in [0.25, 0.3) is 0 Å². The molecule has 0 aromatic heterocycles. The van der Waals surface area contributed by atoms with Crippen molar-refractivity contribution in [2.75, 3.05) is 11.9 Å². The third-order valence-corrected chi connectivity index (χ3v) is 3.86. The van der Waals surface area contributed by atoms with Gasteiger partial charge < -0.3 is 5.32 Å². The molecule has 0 unspecified atom stereocenters. The first-order chi connectivity index (χ1) is 7.49. The molecule has 0 spiro atoms. The average Bonchev–Trinajstić information content (AvgIpc) is 2.61. The van der Waals surface area contributed by atoms with Crippen molar-refractivity contribution in [3.05, 3.63) is 23.8 Å². The molecule has 1 aliphatic heterocycles. The Balaban J connectivity index is 2.34. The van der Waals surface area contributed by atoms with Crippen LogP contribution in [0, 0.1) is 0 Å². The average molecular weight is 241 g/mol. The minimum Gasteiger partial charge on any atom is -0.384 e. The highest BCUT2D eigenvalue weighted by atomic mass is 32.2. The second kappa shape index (κ2) is 4.07. The molecule has 1 heterocycles. The molecular formula is C11H15NO3S. The van der Waals surface area contributed by atoms with E-state index in [1.54, 1.807) is 32.0 Å². The molecule has 16 heavy (non-hydrogen) atoms. The molecule has 1 aliphatic rings. The molecule has 0 saturated carbocycles. The minimum atomic E-state index is -3.61. The third-order valence-electron chi connectivity index (χ3n) is 2.39. The second-order valence-electron chi connectivity index (χ2n) is 4.09. The van der Waals surface area contributed by atoms with Crippen LogP contribution >= 0.6 is 0 Å². The van der Waals surface area contributed by atoms with Gasteiger partial charge in [-0.3, -0.25) is 4.18 Å². The molecule has 1 aromatic carbocycles. The molecule has 0 radical (unpaired) electrons. The van der Waals surface area contributed by atoms with E-state index in [0.717, 1.165) is 24.2 Å². The molecule has 88 valence electrons. The van der Waals surface area contributed by atoms with Crippen LogP contribution in [0.4, 0.5) is 5.69 Å². The van der Waals surface area contributed by atoms with Gasteiger partial charge in [0.1, 0.15) is 0 Å². The monoisotopic (exact) mass is 241 g/mol. The fourth-order valence-electron chi connectivity index (χ4n) is 1.75. The lowest BCUT2D eigenvalue weighted by molar-refractivity contribution is 0.249. The molecule has 0 fully saturated rings. The Hall–Kier alpha value is -1.07. The normalized spacial score (nSPS) is 14.9. The van der Waals surface area contributed by atoms with Crippen molar-refractivity contribution >= 4 is 15.8 Å². The van der Waals surface area contributed by atoms with E-state index in [0.29, 0.717) is 0 Å². The van der Waals surface area contributed by atoms with E-state index in [9.17, 15) is 8.42 Å². The predicted molar refractivity (Wildman–Crippen MR) is 62.0 cm³/mol. The minimum absolute atomic E-state index is 0.239. The summed E-state index contributed by atoms with van der Waals surface area (Å²) in [7, 11) is -3.61. The van der Waals surface area contributed by atoms with Gasteiger partial charge >= 0.3 is 0 Å². The lowest BCUT2D eigenvalue weighted by Gasteiger charge is -2.09. The number of hydrogen-bond acceptors (Lipinski definition) is 4. The van der Waals surface area contributed by atoms with Crippen molar-refractivity contribution in [2.45, 2.75) is 31.3 Å². The number of fused-ring (bicyclic) bond motifs is 1. The van der Waals surface area contributed by atoms with Crippen molar-refractivity contribution in [2.24, 2.45) is 0 Å². The topological polar surface area (TPSA) is 55.4 Å². The van der Waals surface area contributed by atoms with Crippen LogP contribution in [-0.4, -0.2) is 21.1 Å². The van der Waals surface area contributed by atoms with Crippen LogP contribution in [0.2, 0.25) is 0 Å². The Morgan fingerprint density at radius 1 is 1.38 bits per heavy atom. The van der Waals surface area contributed by atoms with Gasteiger partial charge in [0.25, 0.3) is 10.1 Å². The molecule has 5 heteroatoms. The van der Waals surface area contributed by atoms with E-state index < -0.39 is 10.1 Å². The zero-order chi connectivity index (χ0) is 11.8. The number of hydrogen-bond donors (Lipinski definition) is 1. The van der Waals surface area contributed by atoms with Crippen molar-refractivity contribution in [3.63, 3.8) is 0 Å². The van der Waals surface area contributed by atoms with E-state index >= 15 is 0 Å². The maximum atomic E-state index is 11.8. The molecule has 0 saturated heterocycles. The predicted octanol–water partition coefficient (Wildman–Crippen LogP) is 1.77. The van der Waals surface area contributed by atoms with Crippen LogP contribution in [0.1, 0.15) is 19.4 Å². The van der Waals surface area contributed by atoms with Crippen molar-refractivity contribution in [3.8, 4) is 0 Å². The van der Waals surface area contributed by atoms with Gasteiger partial charge in [-0.1, -0.05) is 0 Å². The first-order valence-electron chi connectivity index (χ1n) is 5.29. The maximum Gasteiger partial charge on any atom is 0.297 e. The quantitative estimate of drug-likeness (QED) is 0.819. The van der Waals surface area contributed by atoms with Gasteiger partial charge in [-0.15, -0.1) is 0 Å². The summed E-state index contributed by atoms with van der Waals surface area (Å²) in [4.78, 5) is 0.239. The van der Waals surface area contributed by atoms with Crippen LogP contribution in [0.5, 0.6) is 0 Å². The molecule has 0 bridgehead atoms. The Morgan fingerprint density at radius 3 is 2.81 bits per heavy atom. The summed E-state index contributed by atoms with van der Waals surface area (Å²) >= 11 is 0. The smallest absolute Gasteiger partial charge is 0.297 e. The first kappa shape index (κ1) is 11.4. The largest absolute Gasteiger partial charge is 0.384 e. The Kier molecular flexibility index (Phi) is 2.90. The van der Waals surface area contributed by atoms with E-state index in [4.69, 9.17) is 4.18 Å². The van der Waals surface area contributed by atoms with Gasteiger partial charge in [-0.05, 0) is 44.0 Å². The van der Waals surface area contributed by atoms with Crippen molar-refractivity contribution < 1.29 is 12.6 Å². The Bertz CT molecular complexity index is 494. The molecule has 2 rings (SSSR count). The summed E-state index contributed by atoms with van der Waals surface area (Å²) < 4.78 is 28.5. The second-order valence-corrected chi connectivity index (χ2v) is 5.67. The summed E-state index contributed by atoms with van der Waals surface area (Å²) in [5.41, 5.74) is 2.05. The van der Waals surface area contributed by atoms with Gasteiger partial charge in [0.05, 0.1) is 11.0 Å². The molecule has 1 N–H and O–H groups in total. The third kappa shape index (κ3) is 2.20. The van der Waals surface area contributed by atoms with Crippen LogP contribution in [0.15, 0.2) is 23.1 Å². The van der Waals surface area contributed by atoms with Gasteiger partial charge in [-0.25, -0.2) is 0 Å². The van der Waals surface area contributed by atoms with Gasteiger partial charge in [0, 0.05) is 12.2 Å². The number of rotatable bonds is 3. The zero-order valence-corrected chi connectivity index (χ0v) is 10.2. The molecule has 4 nitrogen and oxygen atoms in total. The SMILES string of the molecule is CC(C)OS(=O)(=O)c1ccc2c(c1)CCN2. The molecule has 0 atom stereocenters. The van der Waals surface area contributed by atoms with Crippen molar-refractivity contribution in [1.82, 2.24) is 0 Å². The standard InChI is InChI=1S/C11H15NO3S/c1-8(2)15-16(13,14)10-3-4-11-9(7-10)5-6-12-11/h3-4,7-8,12H,5-6H2,1-2H3. The summed E-state index contributed by atoms with van der Waals surface area (Å²) in [6, 6.07) is 5.06. The first-order valence-corrected chi connectivity index (χ1v) is 6.70. The van der Waals surface area contributed by atoms with E-state index in [2.05, 4.69) is 5.32 Å².